The molecule has 0 radical (unpaired) electrons. The molecule has 0 bridgehead atoms. The summed E-state index contributed by atoms with van der Waals surface area (Å²) < 4.78 is 9.45. The number of furan rings is 1. The number of aryl methyl sites for hydroxylation is 1. The van der Waals surface area contributed by atoms with Gasteiger partial charge in [-0.15, -0.1) is 0 Å². The van der Waals surface area contributed by atoms with E-state index in [0.717, 1.165) is 11.3 Å². The molecule has 1 aromatic heterocycles. The van der Waals surface area contributed by atoms with Crippen molar-refractivity contribution < 1.29 is 13.9 Å². The van der Waals surface area contributed by atoms with Crippen LogP contribution in [-0.4, -0.2) is 13.2 Å². The predicted molar refractivity (Wildman–Crippen MR) is 42.7 cm³/mol. The van der Waals surface area contributed by atoms with Crippen molar-refractivity contribution in [2.45, 2.75) is 13.5 Å². The third kappa shape index (κ3) is 2.02. The van der Waals surface area contributed by atoms with E-state index >= 15 is 0 Å². The first-order valence-corrected chi connectivity index (χ1v) is 3.59. The molecule has 1 heterocycles. The molecule has 1 rings (SSSR count). The standard InChI is InChI=1S/C8H11NO3/c1-6-7(3-4-12-6)5-9-8(10)11-2/h3-4H,5H2,1-2H3,(H,9,10). The molecule has 0 aliphatic rings. The summed E-state index contributed by atoms with van der Waals surface area (Å²) in [5.74, 6) is 0.811. The van der Waals surface area contributed by atoms with E-state index in [1.807, 2.05) is 13.0 Å². The lowest BCUT2D eigenvalue weighted by Crippen LogP contribution is -2.22. The number of hydrogen-bond acceptors (Lipinski definition) is 3. The Balaban J connectivity index is 2.43. The Morgan fingerprint density at radius 3 is 3.00 bits per heavy atom. The summed E-state index contributed by atoms with van der Waals surface area (Å²) in [6.07, 6.45) is 1.15. The van der Waals surface area contributed by atoms with Gasteiger partial charge < -0.3 is 14.5 Å². The molecule has 0 aromatic carbocycles. The van der Waals surface area contributed by atoms with Crippen LogP contribution in [0.15, 0.2) is 16.7 Å². The van der Waals surface area contributed by atoms with Gasteiger partial charge in [-0.05, 0) is 13.0 Å². The van der Waals surface area contributed by atoms with Crippen LogP contribution in [0.25, 0.3) is 0 Å². The maximum atomic E-state index is 10.7. The van der Waals surface area contributed by atoms with Gasteiger partial charge in [-0.1, -0.05) is 0 Å². The topological polar surface area (TPSA) is 51.5 Å². The third-order valence-electron chi connectivity index (χ3n) is 1.57. The Morgan fingerprint density at radius 1 is 1.75 bits per heavy atom. The van der Waals surface area contributed by atoms with Gasteiger partial charge in [0, 0.05) is 12.1 Å². The average Bonchev–Trinajstić information content (AvgIpc) is 2.47. The van der Waals surface area contributed by atoms with Crippen LogP contribution < -0.4 is 5.32 Å². The summed E-state index contributed by atoms with van der Waals surface area (Å²) in [6.45, 7) is 2.28. The largest absolute Gasteiger partial charge is 0.469 e. The van der Waals surface area contributed by atoms with Gasteiger partial charge in [0.05, 0.1) is 13.4 Å². The molecule has 0 saturated heterocycles. The maximum absolute atomic E-state index is 10.7. The molecule has 4 nitrogen and oxygen atoms in total. The van der Waals surface area contributed by atoms with E-state index in [2.05, 4.69) is 10.1 Å². The summed E-state index contributed by atoms with van der Waals surface area (Å²) in [6, 6.07) is 1.81. The van der Waals surface area contributed by atoms with Crippen molar-refractivity contribution in [3.05, 3.63) is 23.7 Å². The van der Waals surface area contributed by atoms with Crippen molar-refractivity contribution in [3.8, 4) is 0 Å². The molecule has 0 spiro atoms. The number of hydrogen-bond donors (Lipinski definition) is 1. The normalized spacial score (nSPS) is 9.50. The lowest BCUT2D eigenvalue weighted by molar-refractivity contribution is 0.170. The molecule has 66 valence electrons. The molecular weight excluding hydrogens is 158 g/mol. The van der Waals surface area contributed by atoms with Crippen LogP contribution in [0.1, 0.15) is 11.3 Å². The van der Waals surface area contributed by atoms with Gasteiger partial charge in [0.1, 0.15) is 5.76 Å². The molecule has 1 N–H and O–H groups in total. The zero-order chi connectivity index (χ0) is 8.97. The van der Waals surface area contributed by atoms with Crippen molar-refractivity contribution in [1.29, 1.82) is 0 Å². The fraction of sp³-hybridized carbons (Fsp3) is 0.375. The van der Waals surface area contributed by atoms with E-state index in [-0.39, 0.29) is 0 Å². The van der Waals surface area contributed by atoms with Crippen molar-refractivity contribution in [2.75, 3.05) is 7.11 Å². The van der Waals surface area contributed by atoms with Gasteiger partial charge >= 0.3 is 6.09 Å². The van der Waals surface area contributed by atoms with Crippen LogP contribution in [0.5, 0.6) is 0 Å². The van der Waals surface area contributed by atoms with Gasteiger partial charge in [0.15, 0.2) is 0 Å². The second kappa shape index (κ2) is 3.80. The van der Waals surface area contributed by atoms with Crippen LogP contribution >= 0.6 is 0 Å². The zero-order valence-corrected chi connectivity index (χ0v) is 7.09. The first-order chi connectivity index (χ1) is 5.74. The highest BCUT2D eigenvalue weighted by molar-refractivity contribution is 5.66. The molecular formula is C8H11NO3. The predicted octanol–water partition coefficient (Wildman–Crippen LogP) is 1.44. The van der Waals surface area contributed by atoms with Gasteiger partial charge in [-0.25, -0.2) is 4.79 Å². The van der Waals surface area contributed by atoms with Crippen molar-refractivity contribution in [2.24, 2.45) is 0 Å². The Labute approximate surface area is 70.5 Å². The molecule has 1 amide bonds. The van der Waals surface area contributed by atoms with Crippen molar-refractivity contribution in [3.63, 3.8) is 0 Å². The first kappa shape index (κ1) is 8.64. The molecule has 4 heteroatoms. The number of amides is 1. The monoisotopic (exact) mass is 169 g/mol. The van der Waals surface area contributed by atoms with E-state index in [0.29, 0.717) is 6.54 Å². The van der Waals surface area contributed by atoms with Crippen LogP contribution in [0.2, 0.25) is 0 Å². The number of nitrogens with one attached hydrogen (secondary N) is 1. The van der Waals surface area contributed by atoms with Crippen LogP contribution in [0.4, 0.5) is 4.79 Å². The number of carbonyl (C=O) groups is 1. The van der Waals surface area contributed by atoms with Crippen LogP contribution in [0, 0.1) is 6.92 Å². The number of methoxy groups -OCH3 is 1. The summed E-state index contributed by atoms with van der Waals surface area (Å²) in [7, 11) is 1.33. The van der Waals surface area contributed by atoms with E-state index in [4.69, 9.17) is 4.42 Å². The maximum Gasteiger partial charge on any atom is 0.407 e. The van der Waals surface area contributed by atoms with Gasteiger partial charge in [0.25, 0.3) is 0 Å². The van der Waals surface area contributed by atoms with Crippen molar-refractivity contribution >= 4 is 6.09 Å². The molecule has 1 aromatic rings. The number of alkyl carbamates (subject to hydrolysis) is 1. The minimum absolute atomic E-state index is 0.435. The molecule has 0 fully saturated rings. The van der Waals surface area contributed by atoms with Crippen LogP contribution in [-0.2, 0) is 11.3 Å². The third-order valence-corrected chi connectivity index (χ3v) is 1.57. The summed E-state index contributed by atoms with van der Waals surface area (Å²) >= 11 is 0. The second-order valence-electron chi connectivity index (χ2n) is 2.35. The molecule has 0 aliphatic carbocycles. The summed E-state index contributed by atoms with van der Waals surface area (Å²) in [5, 5.41) is 2.55. The smallest absolute Gasteiger partial charge is 0.407 e. The summed E-state index contributed by atoms with van der Waals surface area (Å²) in [5.41, 5.74) is 0.959. The fourth-order valence-electron chi connectivity index (χ4n) is 0.834. The van der Waals surface area contributed by atoms with Gasteiger partial charge in [-0.3, -0.25) is 0 Å². The Kier molecular flexibility index (Phi) is 2.74. The van der Waals surface area contributed by atoms with E-state index in [9.17, 15) is 4.79 Å². The zero-order valence-electron chi connectivity index (χ0n) is 7.09. The number of carbonyl (C=O) groups excluding carboxylic acids is 1. The van der Waals surface area contributed by atoms with E-state index < -0.39 is 6.09 Å². The molecule has 0 unspecified atom stereocenters. The fourth-order valence-corrected chi connectivity index (χ4v) is 0.834. The van der Waals surface area contributed by atoms with Gasteiger partial charge in [-0.2, -0.15) is 0 Å². The summed E-state index contributed by atoms with van der Waals surface area (Å²) in [4.78, 5) is 10.7. The SMILES string of the molecule is COC(=O)NCc1ccoc1C. The van der Waals surface area contributed by atoms with Gasteiger partial charge in [0.2, 0.25) is 0 Å². The van der Waals surface area contributed by atoms with Crippen LogP contribution in [0.3, 0.4) is 0 Å². The highest BCUT2D eigenvalue weighted by Crippen LogP contribution is 2.07. The molecule has 0 aliphatic heterocycles. The first-order valence-electron chi connectivity index (χ1n) is 3.59. The molecule has 0 atom stereocenters. The lowest BCUT2D eigenvalue weighted by Gasteiger charge is -2.01. The molecule has 0 saturated carbocycles. The second-order valence-corrected chi connectivity index (χ2v) is 2.35. The quantitative estimate of drug-likeness (QED) is 0.728. The number of ether oxygens (including phenoxy) is 1. The minimum atomic E-state index is -0.435. The lowest BCUT2D eigenvalue weighted by atomic mass is 10.3. The minimum Gasteiger partial charge on any atom is -0.469 e. The average molecular weight is 169 g/mol. The Morgan fingerprint density at radius 2 is 2.50 bits per heavy atom. The van der Waals surface area contributed by atoms with Crippen molar-refractivity contribution in [1.82, 2.24) is 5.32 Å². The van der Waals surface area contributed by atoms with E-state index in [1.165, 1.54) is 7.11 Å². The van der Waals surface area contributed by atoms with E-state index in [1.54, 1.807) is 6.26 Å². The highest BCUT2D eigenvalue weighted by Gasteiger charge is 2.02. The number of rotatable bonds is 2. The Bertz CT molecular complexity index is 267. The molecule has 12 heavy (non-hydrogen) atoms. The Hall–Kier alpha value is -1.45. The highest BCUT2D eigenvalue weighted by atomic mass is 16.5.